The lowest BCUT2D eigenvalue weighted by Gasteiger charge is -2.26. The van der Waals surface area contributed by atoms with Gasteiger partial charge >= 0.3 is 0 Å². The summed E-state index contributed by atoms with van der Waals surface area (Å²) in [5.41, 5.74) is 2.45. The van der Waals surface area contributed by atoms with Crippen molar-refractivity contribution in [1.82, 2.24) is 4.90 Å². The topological polar surface area (TPSA) is 41.9 Å². The molecule has 0 saturated carbocycles. The predicted molar refractivity (Wildman–Crippen MR) is 104 cm³/mol. The van der Waals surface area contributed by atoms with Gasteiger partial charge < -0.3 is 14.6 Å². The van der Waals surface area contributed by atoms with E-state index in [0.29, 0.717) is 30.9 Å². The molecule has 144 valence electrons. The number of fused-ring (bicyclic) bond motifs is 1. The van der Waals surface area contributed by atoms with Crippen molar-refractivity contribution in [2.75, 3.05) is 13.3 Å². The molecule has 4 nitrogen and oxygen atoms in total. The standard InChI is InChI=1S/C23H22FNO3/c24-20-9-5-4-8-19(20)14-25(15-21(26)18-6-2-1-3-7-18)13-17-10-11-22-23(12-17)28-16-27-22/h1-12,21,26H,13-16H2. The summed E-state index contributed by atoms with van der Waals surface area (Å²) in [4.78, 5) is 2.04. The van der Waals surface area contributed by atoms with Gasteiger partial charge in [-0.05, 0) is 29.3 Å². The van der Waals surface area contributed by atoms with Crippen LogP contribution in [0.25, 0.3) is 0 Å². The third-order valence-corrected chi connectivity index (χ3v) is 4.81. The zero-order valence-corrected chi connectivity index (χ0v) is 15.4. The van der Waals surface area contributed by atoms with Gasteiger partial charge in [-0.2, -0.15) is 0 Å². The predicted octanol–water partition coefficient (Wildman–Crippen LogP) is 4.29. The molecule has 1 N–H and O–H groups in total. The van der Waals surface area contributed by atoms with Crippen LogP contribution in [0, 0.1) is 5.82 Å². The average molecular weight is 379 g/mol. The van der Waals surface area contributed by atoms with Crippen LogP contribution in [0.15, 0.2) is 72.8 Å². The number of hydrogen-bond donors (Lipinski definition) is 1. The van der Waals surface area contributed by atoms with Crippen molar-refractivity contribution >= 4 is 0 Å². The summed E-state index contributed by atoms with van der Waals surface area (Å²) in [6, 6.07) is 22.0. The van der Waals surface area contributed by atoms with Crippen molar-refractivity contribution in [3.8, 4) is 11.5 Å². The molecule has 1 unspecified atom stereocenters. The molecule has 0 amide bonds. The molecule has 28 heavy (non-hydrogen) atoms. The van der Waals surface area contributed by atoms with Crippen LogP contribution in [0.2, 0.25) is 0 Å². The molecule has 0 spiro atoms. The van der Waals surface area contributed by atoms with E-state index >= 15 is 0 Å². The van der Waals surface area contributed by atoms with Crippen molar-refractivity contribution in [2.24, 2.45) is 0 Å². The first kappa shape index (κ1) is 18.5. The maximum Gasteiger partial charge on any atom is 0.231 e. The molecule has 0 aliphatic carbocycles. The first-order valence-corrected chi connectivity index (χ1v) is 9.26. The van der Waals surface area contributed by atoms with Crippen LogP contribution < -0.4 is 9.47 Å². The third kappa shape index (κ3) is 4.32. The SMILES string of the molecule is OC(CN(Cc1ccc2c(c1)OCO2)Cc1ccccc1F)c1ccccc1. The molecule has 0 saturated heterocycles. The third-order valence-electron chi connectivity index (χ3n) is 4.81. The Labute approximate surface area is 163 Å². The van der Waals surface area contributed by atoms with Crippen LogP contribution in [0.4, 0.5) is 4.39 Å². The first-order valence-electron chi connectivity index (χ1n) is 9.26. The van der Waals surface area contributed by atoms with Gasteiger partial charge in [0.1, 0.15) is 5.82 Å². The fourth-order valence-corrected chi connectivity index (χ4v) is 3.38. The maximum absolute atomic E-state index is 14.2. The highest BCUT2D eigenvalue weighted by atomic mass is 19.1. The Balaban J connectivity index is 1.54. The van der Waals surface area contributed by atoms with Gasteiger partial charge in [0.2, 0.25) is 6.79 Å². The first-order chi connectivity index (χ1) is 13.7. The Hall–Kier alpha value is -2.89. The van der Waals surface area contributed by atoms with Crippen molar-refractivity contribution in [2.45, 2.75) is 19.2 Å². The molecular formula is C23H22FNO3. The van der Waals surface area contributed by atoms with Gasteiger partial charge in [-0.1, -0.05) is 54.6 Å². The van der Waals surface area contributed by atoms with Crippen LogP contribution in [-0.2, 0) is 13.1 Å². The van der Waals surface area contributed by atoms with Crippen molar-refractivity contribution in [3.63, 3.8) is 0 Å². The van der Waals surface area contributed by atoms with E-state index < -0.39 is 6.10 Å². The molecule has 1 atom stereocenters. The zero-order valence-electron chi connectivity index (χ0n) is 15.4. The fourth-order valence-electron chi connectivity index (χ4n) is 3.38. The quantitative estimate of drug-likeness (QED) is 0.665. The van der Waals surface area contributed by atoms with Gasteiger partial charge in [0.25, 0.3) is 0 Å². The van der Waals surface area contributed by atoms with Gasteiger partial charge in [-0.15, -0.1) is 0 Å². The summed E-state index contributed by atoms with van der Waals surface area (Å²) >= 11 is 0. The highest BCUT2D eigenvalue weighted by Gasteiger charge is 2.18. The Morgan fingerprint density at radius 1 is 0.893 bits per heavy atom. The van der Waals surface area contributed by atoms with Gasteiger partial charge in [-0.25, -0.2) is 4.39 Å². The molecule has 3 aromatic carbocycles. The summed E-state index contributed by atoms with van der Waals surface area (Å²) in [5, 5.41) is 10.7. The summed E-state index contributed by atoms with van der Waals surface area (Å²) in [6.45, 7) is 1.55. The monoisotopic (exact) mass is 379 g/mol. The Kier molecular flexibility index (Phi) is 5.55. The Bertz CT molecular complexity index is 932. The van der Waals surface area contributed by atoms with E-state index in [4.69, 9.17) is 9.47 Å². The molecule has 5 heteroatoms. The van der Waals surface area contributed by atoms with Gasteiger partial charge in [0.05, 0.1) is 6.10 Å². The lowest BCUT2D eigenvalue weighted by molar-refractivity contribution is 0.104. The van der Waals surface area contributed by atoms with Crippen LogP contribution in [0.3, 0.4) is 0 Å². The van der Waals surface area contributed by atoms with E-state index in [1.807, 2.05) is 59.5 Å². The number of ether oxygens (including phenoxy) is 2. The van der Waals surface area contributed by atoms with Crippen LogP contribution in [0.1, 0.15) is 22.8 Å². The molecule has 4 rings (SSSR count). The second-order valence-corrected chi connectivity index (χ2v) is 6.88. The molecule has 1 aliphatic heterocycles. The van der Waals surface area contributed by atoms with Crippen LogP contribution in [0.5, 0.6) is 11.5 Å². The highest BCUT2D eigenvalue weighted by Crippen LogP contribution is 2.33. The molecular weight excluding hydrogens is 357 g/mol. The van der Waals surface area contributed by atoms with E-state index in [1.165, 1.54) is 6.07 Å². The summed E-state index contributed by atoms with van der Waals surface area (Å²) in [6.07, 6.45) is -0.665. The summed E-state index contributed by atoms with van der Waals surface area (Å²) in [5.74, 6) is 1.20. The smallest absolute Gasteiger partial charge is 0.231 e. The van der Waals surface area contributed by atoms with Gasteiger partial charge in [0.15, 0.2) is 11.5 Å². The minimum Gasteiger partial charge on any atom is -0.454 e. The van der Waals surface area contributed by atoms with E-state index in [1.54, 1.807) is 12.1 Å². The molecule has 0 bridgehead atoms. The molecule has 0 fully saturated rings. The zero-order chi connectivity index (χ0) is 19.3. The van der Waals surface area contributed by atoms with E-state index in [0.717, 1.165) is 16.9 Å². The average Bonchev–Trinajstić information content (AvgIpc) is 3.18. The maximum atomic E-state index is 14.2. The normalized spacial score (nSPS) is 13.7. The van der Waals surface area contributed by atoms with Gasteiger partial charge in [-0.3, -0.25) is 4.90 Å². The second kappa shape index (κ2) is 8.42. The largest absolute Gasteiger partial charge is 0.454 e. The molecule has 0 radical (unpaired) electrons. The van der Waals surface area contributed by atoms with Crippen molar-refractivity contribution in [3.05, 3.63) is 95.3 Å². The lowest BCUT2D eigenvalue weighted by Crippen LogP contribution is -2.28. The number of rotatable bonds is 7. The number of nitrogens with zero attached hydrogens (tertiary/aromatic N) is 1. The number of aliphatic hydroxyl groups excluding tert-OH is 1. The van der Waals surface area contributed by atoms with Crippen molar-refractivity contribution < 1.29 is 19.0 Å². The molecule has 1 heterocycles. The van der Waals surface area contributed by atoms with Crippen LogP contribution >= 0.6 is 0 Å². The minimum absolute atomic E-state index is 0.227. The van der Waals surface area contributed by atoms with Crippen LogP contribution in [-0.4, -0.2) is 23.3 Å². The summed E-state index contributed by atoms with van der Waals surface area (Å²) < 4.78 is 25.0. The Morgan fingerprint density at radius 3 is 2.46 bits per heavy atom. The minimum atomic E-state index is -0.665. The number of aliphatic hydroxyl groups is 1. The highest BCUT2D eigenvalue weighted by molar-refractivity contribution is 5.44. The second-order valence-electron chi connectivity index (χ2n) is 6.88. The van der Waals surface area contributed by atoms with E-state index in [2.05, 4.69) is 0 Å². The van der Waals surface area contributed by atoms with E-state index in [-0.39, 0.29) is 12.6 Å². The number of benzene rings is 3. The number of hydrogen-bond acceptors (Lipinski definition) is 4. The molecule has 3 aromatic rings. The number of halogens is 1. The molecule has 0 aromatic heterocycles. The van der Waals surface area contributed by atoms with Gasteiger partial charge in [0, 0.05) is 25.2 Å². The van der Waals surface area contributed by atoms with E-state index in [9.17, 15) is 9.50 Å². The lowest BCUT2D eigenvalue weighted by atomic mass is 10.1. The fraction of sp³-hybridized carbons (Fsp3) is 0.217. The molecule has 1 aliphatic rings. The summed E-state index contributed by atoms with van der Waals surface area (Å²) in [7, 11) is 0. The van der Waals surface area contributed by atoms with Crippen molar-refractivity contribution in [1.29, 1.82) is 0 Å². The Morgan fingerprint density at radius 2 is 1.64 bits per heavy atom.